The van der Waals surface area contributed by atoms with Crippen LogP contribution in [0.5, 0.6) is 0 Å². The summed E-state index contributed by atoms with van der Waals surface area (Å²) in [6.07, 6.45) is 0. The van der Waals surface area contributed by atoms with Crippen LogP contribution in [-0.2, 0) is 0 Å². The fraction of sp³-hybridized carbons (Fsp3) is 0.348. The van der Waals surface area contributed by atoms with Crippen molar-refractivity contribution >= 4 is 29.2 Å². The van der Waals surface area contributed by atoms with E-state index >= 15 is 0 Å². The maximum atomic E-state index is 13.7. The number of anilines is 5. The smallest absolute Gasteiger partial charge is 0.233 e. The number of rotatable bonds is 7. The van der Waals surface area contributed by atoms with Crippen molar-refractivity contribution in [2.24, 2.45) is 5.92 Å². The Hall–Kier alpha value is -3.47. The second-order valence-electron chi connectivity index (χ2n) is 8.47. The maximum Gasteiger partial charge on any atom is 0.233 e. The molecule has 0 atom stereocenters. The lowest BCUT2D eigenvalue weighted by Crippen LogP contribution is -2.48. The summed E-state index contributed by atoms with van der Waals surface area (Å²) < 4.78 is 53.9. The Balaban J connectivity index is 1.60. The standard InChI is InChI=1S/C23H25F4N7/c1-14(2)13-33-7-9-34(10-8-33)23-31-21(28-15-3-5-17(24)19(26)11-15)30-22(32-23)29-16-4-6-18(25)20(27)12-16/h3-6,11-12,14H,7-10,13H2,1-2H3,(H2,28,29,30,31,32). The first kappa shape index (κ1) is 23.7. The van der Waals surface area contributed by atoms with Crippen LogP contribution in [0.1, 0.15) is 13.8 Å². The van der Waals surface area contributed by atoms with E-state index in [4.69, 9.17) is 0 Å². The average molecular weight is 475 g/mol. The van der Waals surface area contributed by atoms with Gasteiger partial charge in [0.25, 0.3) is 0 Å². The molecular weight excluding hydrogens is 450 g/mol. The SMILES string of the molecule is CC(C)CN1CCN(c2nc(Nc3ccc(F)c(F)c3)nc(Nc3ccc(F)c(F)c3)n2)CC1. The lowest BCUT2D eigenvalue weighted by atomic mass is 10.2. The van der Waals surface area contributed by atoms with Crippen molar-refractivity contribution < 1.29 is 17.6 Å². The summed E-state index contributed by atoms with van der Waals surface area (Å²) in [6, 6.07) is 6.68. The minimum absolute atomic E-state index is 0.0886. The Labute approximate surface area is 194 Å². The molecule has 0 radical (unpaired) electrons. The fourth-order valence-corrected chi connectivity index (χ4v) is 3.67. The Kier molecular flexibility index (Phi) is 7.11. The third-order valence-electron chi connectivity index (χ3n) is 5.25. The summed E-state index contributed by atoms with van der Waals surface area (Å²) in [7, 11) is 0. The van der Waals surface area contributed by atoms with Gasteiger partial charge in [0, 0.05) is 56.2 Å². The summed E-state index contributed by atoms with van der Waals surface area (Å²) in [4.78, 5) is 17.5. The molecule has 0 spiro atoms. The monoisotopic (exact) mass is 475 g/mol. The van der Waals surface area contributed by atoms with Crippen molar-refractivity contribution in [2.45, 2.75) is 13.8 Å². The second-order valence-corrected chi connectivity index (χ2v) is 8.47. The van der Waals surface area contributed by atoms with Crippen LogP contribution in [0, 0.1) is 29.2 Å². The highest BCUT2D eigenvalue weighted by Crippen LogP contribution is 2.23. The van der Waals surface area contributed by atoms with Crippen molar-refractivity contribution in [2.75, 3.05) is 48.3 Å². The molecule has 0 aliphatic carbocycles. The van der Waals surface area contributed by atoms with Gasteiger partial charge in [0.2, 0.25) is 17.8 Å². The first-order chi connectivity index (χ1) is 16.3. The minimum Gasteiger partial charge on any atom is -0.338 e. The van der Waals surface area contributed by atoms with Crippen LogP contribution in [-0.4, -0.2) is 52.6 Å². The number of piperazine rings is 1. The molecule has 1 aromatic heterocycles. The fourth-order valence-electron chi connectivity index (χ4n) is 3.67. The Morgan fingerprint density at radius 3 is 1.68 bits per heavy atom. The highest BCUT2D eigenvalue weighted by molar-refractivity contribution is 5.59. The molecule has 11 heteroatoms. The Bertz CT molecular complexity index is 1080. The van der Waals surface area contributed by atoms with E-state index in [1.807, 2.05) is 4.90 Å². The quantitative estimate of drug-likeness (QED) is 0.481. The molecule has 3 aromatic rings. The molecule has 2 heterocycles. The predicted molar refractivity (Wildman–Crippen MR) is 123 cm³/mol. The van der Waals surface area contributed by atoms with Gasteiger partial charge >= 0.3 is 0 Å². The lowest BCUT2D eigenvalue weighted by Gasteiger charge is -2.35. The molecule has 1 saturated heterocycles. The lowest BCUT2D eigenvalue weighted by molar-refractivity contribution is 0.230. The zero-order valence-corrected chi connectivity index (χ0v) is 18.8. The van der Waals surface area contributed by atoms with Crippen molar-refractivity contribution in [1.82, 2.24) is 19.9 Å². The zero-order valence-electron chi connectivity index (χ0n) is 18.8. The van der Waals surface area contributed by atoms with Crippen LogP contribution in [0.2, 0.25) is 0 Å². The molecule has 4 rings (SSSR count). The third-order valence-corrected chi connectivity index (χ3v) is 5.25. The largest absolute Gasteiger partial charge is 0.338 e. The minimum atomic E-state index is -1.01. The second kappa shape index (κ2) is 10.2. The van der Waals surface area contributed by atoms with Crippen LogP contribution in [0.25, 0.3) is 0 Å². The van der Waals surface area contributed by atoms with E-state index < -0.39 is 23.3 Å². The number of aromatic nitrogens is 3. The van der Waals surface area contributed by atoms with Gasteiger partial charge < -0.3 is 15.5 Å². The van der Waals surface area contributed by atoms with Gasteiger partial charge in [0.05, 0.1) is 0 Å². The Morgan fingerprint density at radius 1 is 0.735 bits per heavy atom. The van der Waals surface area contributed by atoms with E-state index in [1.54, 1.807) is 0 Å². The molecule has 180 valence electrons. The van der Waals surface area contributed by atoms with Crippen LogP contribution in [0.3, 0.4) is 0 Å². The summed E-state index contributed by atoms with van der Waals surface area (Å²) in [5.41, 5.74) is 0.494. The molecule has 2 aromatic carbocycles. The number of benzene rings is 2. The maximum absolute atomic E-state index is 13.7. The van der Waals surface area contributed by atoms with Crippen molar-refractivity contribution in [3.05, 3.63) is 59.7 Å². The summed E-state index contributed by atoms with van der Waals surface area (Å²) in [5, 5.41) is 5.71. The van der Waals surface area contributed by atoms with Gasteiger partial charge in [-0.1, -0.05) is 13.8 Å². The Morgan fingerprint density at radius 2 is 1.24 bits per heavy atom. The number of nitrogens with zero attached hydrogens (tertiary/aromatic N) is 5. The van der Waals surface area contributed by atoms with Gasteiger partial charge in [0.15, 0.2) is 23.3 Å². The molecule has 0 unspecified atom stereocenters. The molecule has 0 saturated carbocycles. The van der Waals surface area contributed by atoms with Crippen LogP contribution in [0.4, 0.5) is 46.8 Å². The number of halogens is 4. The summed E-state index contributed by atoms with van der Waals surface area (Å²) in [6.45, 7) is 8.38. The van der Waals surface area contributed by atoms with Gasteiger partial charge in [-0.25, -0.2) is 17.6 Å². The van der Waals surface area contributed by atoms with Gasteiger partial charge in [-0.3, -0.25) is 4.90 Å². The first-order valence-electron chi connectivity index (χ1n) is 10.9. The molecule has 1 fully saturated rings. The predicted octanol–water partition coefficient (Wildman–Crippen LogP) is 4.69. The van der Waals surface area contributed by atoms with Crippen molar-refractivity contribution in [3.63, 3.8) is 0 Å². The van der Waals surface area contributed by atoms with E-state index in [2.05, 4.69) is 44.3 Å². The topological polar surface area (TPSA) is 69.2 Å². The van der Waals surface area contributed by atoms with E-state index in [0.29, 0.717) is 25.0 Å². The summed E-state index contributed by atoms with van der Waals surface area (Å²) >= 11 is 0. The van der Waals surface area contributed by atoms with Gasteiger partial charge in [-0.15, -0.1) is 0 Å². The van der Waals surface area contributed by atoms with Crippen LogP contribution in [0.15, 0.2) is 36.4 Å². The van der Waals surface area contributed by atoms with Crippen LogP contribution >= 0.6 is 0 Å². The number of hydrogen-bond acceptors (Lipinski definition) is 7. The van der Waals surface area contributed by atoms with E-state index in [9.17, 15) is 17.6 Å². The number of hydrogen-bond donors (Lipinski definition) is 2. The normalized spacial score (nSPS) is 14.5. The molecule has 1 aliphatic rings. The van der Waals surface area contributed by atoms with Crippen molar-refractivity contribution in [1.29, 1.82) is 0 Å². The van der Waals surface area contributed by atoms with E-state index in [1.165, 1.54) is 12.1 Å². The van der Waals surface area contributed by atoms with Gasteiger partial charge in [0.1, 0.15) is 0 Å². The van der Waals surface area contributed by atoms with Crippen molar-refractivity contribution in [3.8, 4) is 0 Å². The third kappa shape index (κ3) is 5.90. The van der Waals surface area contributed by atoms with Gasteiger partial charge in [-0.2, -0.15) is 15.0 Å². The van der Waals surface area contributed by atoms with E-state index in [-0.39, 0.29) is 23.3 Å². The first-order valence-corrected chi connectivity index (χ1v) is 10.9. The molecular formula is C23H25F4N7. The molecule has 1 aliphatic heterocycles. The molecule has 0 bridgehead atoms. The molecule has 34 heavy (non-hydrogen) atoms. The van der Waals surface area contributed by atoms with Gasteiger partial charge in [-0.05, 0) is 30.2 Å². The van der Waals surface area contributed by atoms with Crippen LogP contribution < -0.4 is 15.5 Å². The van der Waals surface area contributed by atoms with E-state index in [0.717, 1.165) is 43.9 Å². The highest BCUT2D eigenvalue weighted by atomic mass is 19.2. The average Bonchev–Trinajstić information content (AvgIpc) is 2.79. The molecule has 2 N–H and O–H groups in total. The molecule has 7 nitrogen and oxygen atoms in total. The highest BCUT2D eigenvalue weighted by Gasteiger charge is 2.21. The summed E-state index contributed by atoms with van der Waals surface area (Å²) in [5.74, 6) is -2.86. The number of nitrogens with one attached hydrogen (secondary N) is 2. The zero-order chi connectivity index (χ0) is 24.2. The molecule has 0 amide bonds.